The van der Waals surface area contributed by atoms with Gasteiger partial charge in [0, 0.05) is 38.0 Å². The molecular weight excluding hydrogens is 236 g/mol. The predicted molar refractivity (Wildman–Crippen MR) is 66.5 cm³/mol. The molecule has 7 nitrogen and oxygen atoms in total. The number of carbonyl (C=O) groups excluding carboxylic acids is 1. The summed E-state index contributed by atoms with van der Waals surface area (Å²) in [7, 11) is 1.73. The Kier molecular flexibility index (Phi) is 3.42. The number of hydrogen-bond acceptors (Lipinski definition) is 4. The highest BCUT2D eigenvalue weighted by Gasteiger charge is 2.25. The molecular formula is C11H14N4O3. The Balaban J connectivity index is 1.96. The fourth-order valence-electron chi connectivity index (χ4n) is 1.59. The van der Waals surface area contributed by atoms with Gasteiger partial charge in [-0.05, 0) is 12.1 Å². The molecule has 1 aromatic rings. The van der Waals surface area contributed by atoms with Crippen molar-refractivity contribution >= 4 is 17.4 Å². The van der Waals surface area contributed by atoms with E-state index in [1.54, 1.807) is 11.9 Å². The fourth-order valence-corrected chi connectivity index (χ4v) is 1.59. The molecule has 0 bridgehead atoms. The topological polar surface area (TPSA) is 87.5 Å². The molecule has 96 valence electrons. The van der Waals surface area contributed by atoms with Crippen LogP contribution < -0.4 is 10.6 Å². The van der Waals surface area contributed by atoms with Crippen LogP contribution in [0.25, 0.3) is 0 Å². The van der Waals surface area contributed by atoms with E-state index in [1.165, 1.54) is 24.3 Å². The first kappa shape index (κ1) is 12.3. The fraction of sp³-hybridized carbons (Fsp3) is 0.364. The quantitative estimate of drug-likeness (QED) is 0.619. The van der Waals surface area contributed by atoms with Crippen molar-refractivity contribution in [2.45, 2.75) is 6.04 Å². The summed E-state index contributed by atoms with van der Waals surface area (Å²) >= 11 is 0. The lowest BCUT2D eigenvalue weighted by Crippen LogP contribution is -2.58. The van der Waals surface area contributed by atoms with Gasteiger partial charge < -0.3 is 15.5 Å². The van der Waals surface area contributed by atoms with Crippen LogP contribution in [-0.2, 0) is 0 Å². The maximum Gasteiger partial charge on any atom is 0.321 e. The maximum atomic E-state index is 11.8. The molecule has 0 radical (unpaired) electrons. The summed E-state index contributed by atoms with van der Waals surface area (Å²) in [5, 5.41) is 16.3. The van der Waals surface area contributed by atoms with Crippen LogP contribution in [0, 0.1) is 10.1 Å². The zero-order valence-electron chi connectivity index (χ0n) is 9.92. The summed E-state index contributed by atoms with van der Waals surface area (Å²) < 4.78 is 0. The Morgan fingerprint density at radius 1 is 1.44 bits per heavy atom. The van der Waals surface area contributed by atoms with Gasteiger partial charge in [-0.1, -0.05) is 0 Å². The first-order valence-corrected chi connectivity index (χ1v) is 5.57. The number of anilines is 1. The standard InChI is InChI=1S/C11H14N4O3/c1-14(10-6-12-7-10)11(16)13-8-2-4-9(5-3-8)15(17)18/h2-5,10,12H,6-7H2,1H3,(H,13,16). The molecule has 0 aromatic heterocycles. The van der Waals surface area contributed by atoms with Crippen molar-refractivity contribution in [1.82, 2.24) is 10.2 Å². The molecule has 0 atom stereocenters. The maximum absolute atomic E-state index is 11.8. The summed E-state index contributed by atoms with van der Waals surface area (Å²) in [5.41, 5.74) is 0.550. The van der Waals surface area contributed by atoms with Gasteiger partial charge in [0.1, 0.15) is 0 Å². The van der Waals surface area contributed by atoms with Crippen LogP contribution in [0.5, 0.6) is 0 Å². The Bertz CT molecular complexity index is 456. The van der Waals surface area contributed by atoms with Gasteiger partial charge in [0.15, 0.2) is 0 Å². The number of carbonyl (C=O) groups is 1. The molecule has 0 spiro atoms. The first-order valence-electron chi connectivity index (χ1n) is 5.57. The number of nitro groups is 1. The summed E-state index contributed by atoms with van der Waals surface area (Å²) in [4.78, 5) is 23.4. The average molecular weight is 250 g/mol. The van der Waals surface area contributed by atoms with Crippen LogP contribution in [-0.4, -0.2) is 42.0 Å². The highest BCUT2D eigenvalue weighted by Crippen LogP contribution is 2.16. The van der Waals surface area contributed by atoms with Crippen molar-refractivity contribution in [3.63, 3.8) is 0 Å². The predicted octanol–water partition coefficient (Wildman–Crippen LogP) is 1.03. The molecule has 7 heteroatoms. The highest BCUT2D eigenvalue weighted by molar-refractivity contribution is 5.89. The van der Waals surface area contributed by atoms with E-state index in [1.807, 2.05) is 0 Å². The number of nitrogens with zero attached hydrogens (tertiary/aromatic N) is 2. The lowest BCUT2D eigenvalue weighted by molar-refractivity contribution is -0.384. The number of rotatable bonds is 3. The van der Waals surface area contributed by atoms with Gasteiger partial charge in [-0.15, -0.1) is 0 Å². The van der Waals surface area contributed by atoms with E-state index in [0.717, 1.165) is 13.1 Å². The number of benzene rings is 1. The molecule has 1 aliphatic rings. The van der Waals surface area contributed by atoms with Crippen molar-refractivity contribution in [2.24, 2.45) is 0 Å². The van der Waals surface area contributed by atoms with E-state index in [4.69, 9.17) is 0 Å². The lowest BCUT2D eigenvalue weighted by Gasteiger charge is -2.35. The minimum atomic E-state index is -0.474. The van der Waals surface area contributed by atoms with Gasteiger partial charge in [-0.2, -0.15) is 0 Å². The zero-order valence-corrected chi connectivity index (χ0v) is 9.92. The molecule has 1 heterocycles. The Labute approximate surface area is 104 Å². The lowest BCUT2D eigenvalue weighted by atomic mass is 10.1. The third kappa shape index (κ3) is 2.57. The molecule has 0 unspecified atom stereocenters. The van der Waals surface area contributed by atoms with Crippen molar-refractivity contribution in [2.75, 3.05) is 25.5 Å². The van der Waals surface area contributed by atoms with Crippen LogP contribution >= 0.6 is 0 Å². The van der Waals surface area contributed by atoms with E-state index in [0.29, 0.717) is 5.69 Å². The minimum Gasteiger partial charge on any atom is -0.322 e. The molecule has 1 aromatic carbocycles. The van der Waals surface area contributed by atoms with Gasteiger partial charge in [0.25, 0.3) is 5.69 Å². The van der Waals surface area contributed by atoms with Crippen LogP contribution in [0.2, 0.25) is 0 Å². The van der Waals surface area contributed by atoms with Crippen LogP contribution in [0.4, 0.5) is 16.2 Å². The second-order valence-electron chi connectivity index (χ2n) is 4.16. The van der Waals surface area contributed by atoms with E-state index >= 15 is 0 Å². The van der Waals surface area contributed by atoms with Gasteiger partial charge in [0.05, 0.1) is 11.0 Å². The number of nitro benzene ring substituents is 1. The van der Waals surface area contributed by atoms with Crippen molar-refractivity contribution in [3.8, 4) is 0 Å². The van der Waals surface area contributed by atoms with Crippen molar-refractivity contribution < 1.29 is 9.72 Å². The smallest absolute Gasteiger partial charge is 0.321 e. The second-order valence-corrected chi connectivity index (χ2v) is 4.16. The number of urea groups is 1. The Morgan fingerprint density at radius 3 is 2.50 bits per heavy atom. The SMILES string of the molecule is CN(C(=O)Nc1ccc([N+](=O)[O-])cc1)C1CNC1. The number of amides is 2. The molecule has 18 heavy (non-hydrogen) atoms. The third-order valence-electron chi connectivity index (χ3n) is 2.96. The Morgan fingerprint density at radius 2 is 2.06 bits per heavy atom. The van der Waals surface area contributed by atoms with Gasteiger partial charge >= 0.3 is 6.03 Å². The Hall–Kier alpha value is -2.15. The summed E-state index contributed by atoms with van der Waals surface area (Å²) in [5.74, 6) is 0. The normalized spacial score (nSPS) is 14.7. The number of hydrogen-bond donors (Lipinski definition) is 2. The van der Waals surface area contributed by atoms with Gasteiger partial charge in [-0.3, -0.25) is 10.1 Å². The van der Waals surface area contributed by atoms with Crippen LogP contribution in [0.3, 0.4) is 0 Å². The summed E-state index contributed by atoms with van der Waals surface area (Å²) in [6.07, 6.45) is 0. The monoisotopic (exact) mass is 250 g/mol. The molecule has 1 fully saturated rings. The van der Waals surface area contributed by atoms with Gasteiger partial charge in [0.2, 0.25) is 0 Å². The van der Waals surface area contributed by atoms with Crippen molar-refractivity contribution in [3.05, 3.63) is 34.4 Å². The molecule has 1 aliphatic heterocycles. The molecule has 2 amide bonds. The minimum absolute atomic E-state index is 0.00421. The molecule has 2 rings (SSSR count). The van der Waals surface area contributed by atoms with E-state index in [9.17, 15) is 14.9 Å². The van der Waals surface area contributed by atoms with Gasteiger partial charge in [-0.25, -0.2) is 4.79 Å². The summed E-state index contributed by atoms with van der Waals surface area (Å²) in [6, 6.07) is 5.76. The van der Waals surface area contributed by atoms with Crippen LogP contribution in [0.1, 0.15) is 0 Å². The third-order valence-corrected chi connectivity index (χ3v) is 2.96. The second kappa shape index (κ2) is 5.01. The van der Waals surface area contributed by atoms with Crippen LogP contribution in [0.15, 0.2) is 24.3 Å². The van der Waals surface area contributed by atoms with Crippen molar-refractivity contribution in [1.29, 1.82) is 0 Å². The number of nitrogens with one attached hydrogen (secondary N) is 2. The molecule has 0 aliphatic carbocycles. The summed E-state index contributed by atoms with van der Waals surface area (Å²) in [6.45, 7) is 1.59. The van der Waals surface area contributed by atoms with E-state index in [2.05, 4.69) is 10.6 Å². The van der Waals surface area contributed by atoms with E-state index in [-0.39, 0.29) is 17.8 Å². The molecule has 1 saturated heterocycles. The zero-order chi connectivity index (χ0) is 13.1. The average Bonchev–Trinajstić information content (AvgIpc) is 2.27. The number of non-ortho nitro benzene ring substituents is 1. The highest BCUT2D eigenvalue weighted by atomic mass is 16.6. The largest absolute Gasteiger partial charge is 0.322 e. The first-order chi connectivity index (χ1) is 8.58. The molecule has 0 saturated carbocycles. The molecule has 2 N–H and O–H groups in total. The number of likely N-dealkylation sites (N-methyl/N-ethyl adjacent to an activating group) is 1. The van der Waals surface area contributed by atoms with E-state index < -0.39 is 4.92 Å².